The predicted molar refractivity (Wildman–Crippen MR) is 122 cm³/mol. The van der Waals surface area contributed by atoms with Gasteiger partial charge in [0.15, 0.2) is 23.2 Å². The Morgan fingerprint density at radius 2 is 1.85 bits per heavy atom. The van der Waals surface area contributed by atoms with Crippen LogP contribution >= 0.6 is 24.0 Å². The summed E-state index contributed by atoms with van der Waals surface area (Å²) in [5.74, 6) is -2.55. The molecular weight excluding hydrogens is 499 g/mol. The number of nitrogens with zero attached hydrogens (tertiary/aromatic N) is 3. The smallest absolute Gasteiger partial charge is 0.355 e. The van der Waals surface area contributed by atoms with Crippen molar-refractivity contribution >= 4 is 29.8 Å². The van der Waals surface area contributed by atoms with Gasteiger partial charge in [-0.15, -0.1) is 12.4 Å². The number of hydrogen-bond donors (Lipinski definition) is 1. The van der Waals surface area contributed by atoms with Gasteiger partial charge in [0, 0.05) is 11.1 Å². The molecule has 0 aliphatic rings. The summed E-state index contributed by atoms with van der Waals surface area (Å²) in [6, 6.07) is 11.0. The van der Waals surface area contributed by atoms with Gasteiger partial charge in [-0.2, -0.15) is 9.97 Å². The molecule has 4 rings (SSSR count). The normalized spacial score (nSPS) is 10.9. The molecule has 0 spiro atoms. The van der Waals surface area contributed by atoms with Crippen LogP contribution in [0.3, 0.4) is 0 Å². The van der Waals surface area contributed by atoms with Crippen LogP contribution in [0, 0.1) is 18.6 Å². The lowest BCUT2D eigenvalue weighted by molar-refractivity contribution is 0.163. The Bertz CT molecular complexity index is 1390. The lowest BCUT2D eigenvalue weighted by Gasteiger charge is -2.08. The molecule has 6 nitrogen and oxygen atoms in total. The van der Waals surface area contributed by atoms with Gasteiger partial charge in [-0.1, -0.05) is 29.3 Å². The molecule has 0 saturated heterocycles. The number of benzene rings is 2. The van der Waals surface area contributed by atoms with Gasteiger partial charge < -0.3 is 9.73 Å². The summed E-state index contributed by atoms with van der Waals surface area (Å²) in [5, 5.41) is 1.94. The number of hydrogen-bond acceptors (Lipinski definition) is 5. The molecule has 0 fully saturated rings. The van der Waals surface area contributed by atoms with E-state index in [1.807, 2.05) is 13.0 Å². The van der Waals surface area contributed by atoms with Crippen LogP contribution < -0.4 is 11.0 Å². The summed E-state index contributed by atoms with van der Waals surface area (Å²) < 4.78 is 60.1. The largest absolute Gasteiger partial charge is 0.434 e. The number of aryl methyl sites for hydroxylation is 1. The quantitative estimate of drug-likeness (QED) is 0.324. The second-order valence-corrected chi connectivity index (χ2v) is 7.44. The van der Waals surface area contributed by atoms with E-state index in [0.717, 1.165) is 22.4 Å². The molecule has 178 valence electrons. The highest BCUT2D eigenvalue weighted by Crippen LogP contribution is 2.33. The molecule has 1 N–H and O–H groups in total. The first kappa shape index (κ1) is 25.3. The molecule has 2 aromatic carbocycles. The van der Waals surface area contributed by atoms with E-state index in [1.54, 1.807) is 18.2 Å². The van der Waals surface area contributed by atoms with Crippen molar-refractivity contribution in [2.75, 3.05) is 11.9 Å². The van der Waals surface area contributed by atoms with E-state index >= 15 is 0 Å². The number of aromatic nitrogens is 3. The van der Waals surface area contributed by atoms with E-state index in [9.17, 15) is 22.4 Å². The van der Waals surface area contributed by atoms with Gasteiger partial charge in [0.2, 0.25) is 5.89 Å². The van der Waals surface area contributed by atoms with Crippen LogP contribution in [0.25, 0.3) is 28.6 Å². The average Bonchev–Trinajstić information content (AvgIpc) is 3.21. The lowest BCUT2D eigenvalue weighted by Crippen LogP contribution is -2.25. The Hall–Kier alpha value is -3.37. The molecule has 0 unspecified atom stereocenters. The van der Waals surface area contributed by atoms with Crippen molar-refractivity contribution in [1.29, 1.82) is 0 Å². The molecule has 2 aromatic heterocycles. The minimum absolute atomic E-state index is 0. The molecule has 0 aliphatic heterocycles. The van der Waals surface area contributed by atoms with E-state index in [-0.39, 0.29) is 40.5 Å². The van der Waals surface area contributed by atoms with Crippen molar-refractivity contribution in [3.63, 3.8) is 0 Å². The fraction of sp³-hybridized carbons (Fsp3) is 0.136. The highest BCUT2D eigenvalue weighted by atomic mass is 35.5. The van der Waals surface area contributed by atoms with Crippen LogP contribution in [0.1, 0.15) is 5.56 Å². The van der Waals surface area contributed by atoms with E-state index in [0.29, 0.717) is 5.56 Å². The third-order valence-corrected chi connectivity index (χ3v) is 4.90. The predicted octanol–water partition coefficient (Wildman–Crippen LogP) is 5.89. The van der Waals surface area contributed by atoms with Gasteiger partial charge in [0.1, 0.15) is 5.82 Å². The Morgan fingerprint density at radius 3 is 2.53 bits per heavy atom. The van der Waals surface area contributed by atoms with Crippen LogP contribution in [-0.2, 0) is 0 Å². The zero-order chi connectivity index (χ0) is 23.7. The van der Waals surface area contributed by atoms with Gasteiger partial charge in [-0.3, -0.25) is 0 Å². The van der Waals surface area contributed by atoms with Crippen molar-refractivity contribution < 1.29 is 22.0 Å². The minimum atomic E-state index is -2.77. The summed E-state index contributed by atoms with van der Waals surface area (Å²) in [6.07, 6.45) is -2.02. The monoisotopic (exact) mass is 514 g/mol. The summed E-state index contributed by atoms with van der Waals surface area (Å²) in [7, 11) is 0. The maximum atomic E-state index is 14.5. The molecule has 4 aromatic rings. The highest BCUT2D eigenvalue weighted by molar-refractivity contribution is 6.30. The summed E-state index contributed by atoms with van der Waals surface area (Å²) >= 11 is 5.76. The standard InChI is InChI=1S/C22H15ClF4N4O2.ClH/c1-11-3-2-4-13(7-11)21-30-20(18(33-21)12-5-6-14(23)15(24)8-12)31-10-16(25)19(29-22(31)32)28-9-17(26)27;/h2-8,10,17H,9H2,1H3,(H,28,29,32);1H. The highest BCUT2D eigenvalue weighted by Gasteiger charge is 2.22. The molecule has 0 amide bonds. The number of alkyl halides is 2. The second kappa shape index (κ2) is 10.3. The van der Waals surface area contributed by atoms with E-state index in [2.05, 4.69) is 15.3 Å². The molecule has 34 heavy (non-hydrogen) atoms. The summed E-state index contributed by atoms with van der Waals surface area (Å²) in [5.41, 5.74) is 0.651. The molecular formula is C22H16Cl2F4N4O2. The molecule has 0 atom stereocenters. The number of anilines is 1. The Labute approximate surface area is 201 Å². The molecule has 0 radical (unpaired) electrons. The van der Waals surface area contributed by atoms with Crippen molar-refractivity contribution in [2.45, 2.75) is 13.3 Å². The van der Waals surface area contributed by atoms with Crippen LogP contribution in [0.4, 0.5) is 23.4 Å². The SMILES string of the molecule is Cc1cccc(-c2nc(-n3cc(F)c(NCC(F)F)nc3=O)c(-c3ccc(Cl)c(F)c3)o2)c1.Cl. The first-order valence-electron chi connectivity index (χ1n) is 9.58. The van der Waals surface area contributed by atoms with Crippen molar-refractivity contribution in [1.82, 2.24) is 14.5 Å². The topological polar surface area (TPSA) is 73.0 Å². The molecule has 12 heteroatoms. The molecule has 0 saturated carbocycles. The summed E-state index contributed by atoms with van der Waals surface area (Å²) in [6.45, 7) is 0.974. The zero-order valence-electron chi connectivity index (χ0n) is 17.4. The fourth-order valence-electron chi connectivity index (χ4n) is 3.08. The number of oxazole rings is 1. The van der Waals surface area contributed by atoms with Crippen molar-refractivity contribution in [3.05, 3.63) is 81.4 Å². The van der Waals surface area contributed by atoms with Crippen LogP contribution in [0.2, 0.25) is 5.02 Å². The first-order chi connectivity index (χ1) is 15.7. The van der Waals surface area contributed by atoms with Gasteiger partial charge in [-0.25, -0.2) is 26.9 Å². The van der Waals surface area contributed by atoms with Gasteiger partial charge in [0.25, 0.3) is 6.43 Å². The first-order valence-corrected chi connectivity index (χ1v) is 9.95. The molecule has 2 heterocycles. The van der Waals surface area contributed by atoms with Crippen molar-refractivity contribution in [3.8, 4) is 28.6 Å². The van der Waals surface area contributed by atoms with E-state index in [1.165, 1.54) is 12.1 Å². The lowest BCUT2D eigenvalue weighted by atomic mass is 10.1. The molecule has 0 aliphatic carbocycles. The third-order valence-electron chi connectivity index (χ3n) is 4.59. The Kier molecular flexibility index (Phi) is 7.63. The third kappa shape index (κ3) is 5.23. The van der Waals surface area contributed by atoms with Gasteiger partial charge >= 0.3 is 5.69 Å². The van der Waals surface area contributed by atoms with E-state index < -0.39 is 36.1 Å². The number of rotatable bonds is 6. The van der Waals surface area contributed by atoms with Crippen LogP contribution in [0.5, 0.6) is 0 Å². The van der Waals surface area contributed by atoms with E-state index in [4.69, 9.17) is 16.0 Å². The maximum Gasteiger partial charge on any atom is 0.355 e. The number of halogens is 6. The van der Waals surface area contributed by atoms with Gasteiger partial charge in [0.05, 0.1) is 17.8 Å². The van der Waals surface area contributed by atoms with Gasteiger partial charge in [-0.05, 0) is 37.3 Å². The van der Waals surface area contributed by atoms with Crippen molar-refractivity contribution in [2.24, 2.45) is 0 Å². The Balaban J connectivity index is 0.00000324. The summed E-state index contributed by atoms with van der Waals surface area (Å²) in [4.78, 5) is 20.4. The average molecular weight is 515 g/mol. The van der Waals surface area contributed by atoms with Crippen LogP contribution in [0.15, 0.2) is 57.9 Å². The number of nitrogens with one attached hydrogen (secondary N) is 1. The van der Waals surface area contributed by atoms with Crippen LogP contribution in [-0.4, -0.2) is 27.5 Å². The maximum absolute atomic E-state index is 14.5. The minimum Gasteiger partial charge on any atom is -0.434 e. The Morgan fingerprint density at radius 1 is 1.09 bits per heavy atom. The molecule has 0 bridgehead atoms. The fourth-order valence-corrected chi connectivity index (χ4v) is 3.20. The zero-order valence-corrected chi connectivity index (χ0v) is 18.9. The second-order valence-electron chi connectivity index (χ2n) is 7.03.